The van der Waals surface area contributed by atoms with Gasteiger partial charge in [0.1, 0.15) is 0 Å². The Labute approximate surface area is 127 Å². The van der Waals surface area contributed by atoms with Gasteiger partial charge in [0.2, 0.25) is 0 Å². The molecule has 0 aromatic heterocycles. The molecule has 0 radical (unpaired) electrons. The smallest absolute Gasteiger partial charge is 0.371 e. The zero-order valence-electron chi connectivity index (χ0n) is 11.8. The van der Waals surface area contributed by atoms with E-state index in [9.17, 15) is 21.6 Å². The molecule has 0 saturated carbocycles. The van der Waals surface area contributed by atoms with Crippen molar-refractivity contribution >= 4 is 15.5 Å². The van der Waals surface area contributed by atoms with Gasteiger partial charge in [0.25, 0.3) is 9.84 Å². The van der Waals surface area contributed by atoms with Gasteiger partial charge < -0.3 is 4.90 Å². The number of rotatable bonds is 2. The van der Waals surface area contributed by atoms with E-state index >= 15 is 0 Å². The number of allylic oxidation sites excluding steroid dienone is 2. The van der Waals surface area contributed by atoms with Gasteiger partial charge in [0.05, 0.1) is 4.90 Å². The van der Waals surface area contributed by atoms with Gasteiger partial charge in [-0.15, -0.1) is 0 Å². The number of fused-ring (bicyclic) bond motifs is 1. The summed E-state index contributed by atoms with van der Waals surface area (Å²) in [5, 5.41) is 0. The van der Waals surface area contributed by atoms with Gasteiger partial charge in [-0.3, -0.25) is 0 Å². The molecule has 1 aromatic carbocycles. The molecule has 1 saturated heterocycles. The van der Waals surface area contributed by atoms with Crippen LogP contribution in [-0.2, 0) is 9.84 Å². The quantitative estimate of drug-likeness (QED) is 0.780. The first kappa shape index (κ1) is 15.4. The van der Waals surface area contributed by atoms with Crippen molar-refractivity contribution in [1.29, 1.82) is 0 Å². The lowest BCUT2D eigenvalue weighted by Crippen LogP contribution is -2.23. The first-order chi connectivity index (χ1) is 10.3. The molecule has 2 unspecified atom stereocenters. The van der Waals surface area contributed by atoms with Gasteiger partial charge in [-0.2, -0.15) is 13.2 Å². The fourth-order valence-corrected chi connectivity index (χ4v) is 3.96. The normalized spacial score (nSPS) is 25.3. The molecule has 0 amide bonds. The van der Waals surface area contributed by atoms with Crippen LogP contribution >= 0.6 is 0 Å². The molecule has 1 aromatic rings. The summed E-state index contributed by atoms with van der Waals surface area (Å²) in [5.41, 5.74) is -4.49. The van der Waals surface area contributed by atoms with E-state index in [1.807, 2.05) is 0 Å². The summed E-state index contributed by atoms with van der Waals surface area (Å²) in [4.78, 5) is 1.41. The van der Waals surface area contributed by atoms with E-state index in [-0.39, 0.29) is 0 Å². The number of alkyl halides is 3. The molecular formula is C15H16F3NO2S. The Morgan fingerprint density at radius 2 is 1.45 bits per heavy atom. The van der Waals surface area contributed by atoms with E-state index in [0.29, 0.717) is 11.8 Å². The standard InChI is InChI=1S/C15H16F3NO2S/c16-15(17,18)22(20,21)14-7-5-13(6-8-14)19-9-11-3-1-2-4-12(11)10-19/h1-2,5-8,11-12H,3-4,9-10H2. The van der Waals surface area contributed by atoms with Gasteiger partial charge in [0, 0.05) is 18.8 Å². The summed E-state index contributed by atoms with van der Waals surface area (Å²) in [6, 6.07) is 5.00. The zero-order valence-corrected chi connectivity index (χ0v) is 12.6. The Kier molecular flexibility index (Phi) is 3.71. The zero-order chi connectivity index (χ0) is 16.0. The van der Waals surface area contributed by atoms with Crippen molar-refractivity contribution in [1.82, 2.24) is 0 Å². The predicted octanol–water partition coefficient (Wildman–Crippen LogP) is 3.38. The minimum Gasteiger partial charge on any atom is -0.371 e. The Hall–Kier alpha value is -1.50. The fraction of sp³-hybridized carbons (Fsp3) is 0.467. The van der Waals surface area contributed by atoms with Gasteiger partial charge in [-0.1, -0.05) is 12.2 Å². The Bertz CT molecular complexity index is 664. The molecule has 3 rings (SSSR count). The van der Waals surface area contributed by atoms with Gasteiger partial charge >= 0.3 is 5.51 Å². The molecule has 1 fully saturated rings. The molecule has 1 aliphatic heterocycles. The molecule has 2 aliphatic rings. The summed E-state index contributed by atoms with van der Waals surface area (Å²) in [6.07, 6.45) is 6.40. The van der Waals surface area contributed by atoms with Crippen LogP contribution in [0.1, 0.15) is 12.8 Å². The van der Waals surface area contributed by atoms with Crippen LogP contribution in [0.4, 0.5) is 18.9 Å². The summed E-state index contributed by atoms with van der Waals surface area (Å²) in [6.45, 7) is 1.72. The number of benzene rings is 1. The molecular weight excluding hydrogens is 315 g/mol. The molecule has 7 heteroatoms. The number of halogens is 3. The highest BCUT2D eigenvalue weighted by Crippen LogP contribution is 2.36. The average molecular weight is 331 g/mol. The van der Waals surface area contributed by atoms with E-state index in [0.717, 1.165) is 43.8 Å². The van der Waals surface area contributed by atoms with Crippen LogP contribution in [0.15, 0.2) is 41.3 Å². The molecule has 1 aliphatic carbocycles. The number of sulfone groups is 1. The van der Waals surface area contributed by atoms with Crippen molar-refractivity contribution in [3.8, 4) is 0 Å². The Morgan fingerprint density at radius 3 is 1.91 bits per heavy atom. The summed E-state index contributed by atoms with van der Waals surface area (Å²) >= 11 is 0. The average Bonchev–Trinajstić information content (AvgIpc) is 2.90. The van der Waals surface area contributed by atoms with E-state index < -0.39 is 20.2 Å². The Morgan fingerprint density at radius 1 is 0.955 bits per heavy atom. The summed E-state index contributed by atoms with van der Waals surface area (Å²) in [5.74, 6) is 1.15. The third kappa shape index (κ3) is 2.62. The van der Waals surface area contributed by atoms with Crippen LogP contribution in [0, 0.1) is 11.8 Å². The minimum absolute atomic E-state index is 0.573. The van der Waals surface area contributed by atoms with Gasteiger partial charge in [-0.25, -0.2) is 8.42 Å². The maximum Gasteiger partial charge on any atom is 0.501 e. The van der Waals surface area contributed by atoms with Crippen molar-refractivity contribution < 1.29 is 21.6 Å². The van der Waals surface area contributed by atoms with Crippen LogP contribution < -0.4 is 4.90 Å². The molecule has 0 N–H and O–H groups in total. The van der Waals surface area contributed by atoms with Gasteiger partial charge in [0.15, 0.2) is 0 Å². The number of anilines is 1. The van der Waals surface area contributed by atoms with Crippen LogP contribution in [0.5, 0.6) is 0 Å². The highest BCUT2D eigenvalue weighted by Gasteiger charge is 2.46. The predicted molar refractivity (Wildman–Crippen MR) is 77.2 cm³/mol. The van der Waals surface area contributed by atoms with E-state index in [1.165, 1.54) is 12.1 Å². The van der Waals surface area contributed by atoms with Crippen LogP contribution in [-0.4, -0.2) is 27.0 Å². The van der Waals surface area contributed by atoms with Crippen molar-refractivity contribution in [2.45, 2.75) is 23.2 Å². The summed E-state index contributed by atoms with van der Waals surface area (Å²) in [7, 11) is -5.27. The SMILES string of the molecule is O=S(=O)(c1ccc(N2CC3CC=CCC3C2)cc1)C(F)(F)F. The van der Waals surface area contributed by atoms with E-state index in [1.54, 1.807) is 0 Å². The maximum atomic E-state index is 12.5. The second-order valence-corrected chi connectivity index (χ2v) is 7.75. The summed E-state index contributed by atoms with van der Waals surface area (Å²) < 4.78 is 60.2. The van der Waals surface area contributed by atoms with Crippen LogP contribution in [0.25, 0.3) is 0 Å². The van der Waals surface area contributed by atoms with E-state index in [2.05, 4.69) is 17.1 Å². The fourth-order valence-electron chi connectivity index (χ4n) is 3.20. The van der Waals surface area contributed by atoms with Crippen molar-refractivity contribution in [2.24, 2.45) is 11.8 Å². The topological polar surface area (TPSA) is 37.4 Å². The third-order valence-electron chi connectivity index (χ3n) is 4.44. The highest BCUT2D eigenvalue weighted by molar-refractivity contribution is 7.92. The molecule has 0 spiro atoms. The lowest BCUT2D eigenvalue weighted by atomic mass is 9.86. The number of hydrogen-bond donors (Lipinski definition) is 0. The number of hydrogen-bond acceptors (Lipinski definition) is 3. The van der Waals surface area contributed by atoms with Crippen LogP contribution in [0.2, 0.25) is 0 Å². The highest BCUT2D eigenvalue weighted by atomic mass is 32.2. The molecule has 2 atom stereocenters. The van der Waals surface area contributed by atoms with Crippen LogP contribution in [0.3, 0.4) is 0 Å². The first-order valence-corrected chi connectivity index (χ1v) is 8.59. The molecule has 22 heavy (non-hydrogen) atoms. The molecule has 3 nitrogen and oxygen atoms in total. The first-order valence-electron chi connectivity index (χ1n) is 7.10. The molecule has 120 valence electrons. The monoisotopic (exact) mass is 331 g/mol. The second-order valence-electron chi connectivity index (χ2n) is 5.81. The van der Waals surface area contributed by atoms with Crippen molar-refractivity contribution in [3.05, 3.63) is 36.4 Å². The largest absolute Gasteiger partial charge is 0.501 e. The van der Waals surface area contributed by atoms with Crippen molar-refractivity contribution in [3.63, 3.8) is 0 Å². The third-order valence-corrected chi connectivity index (χ3v) is 5.94. The lowest BCUT2D eigenvalue weighted by molar-refractivity contribution is -0.0436. The number of nitrogens with zero attached hydrogens (tertiary/aromatic N) is 1. The molecule has 0 bridgehead atoms. The van der Waals surface area contributed by atoms with Gasteiger partial charge in [-0.05, 0) is 48.9 Å². The molecule has 1 heterocycles. The second kappa shape index (κ2) is 5.30. The van der Waals surface area contributed by atoms with Crippen molar-refractivity contribution in [2.75, 3.05) is 18.0 Å². The maximum absolute atomic E-state index is 12.5. The van der Waals surface area contributed by atoms with E-state index in [4.69, 9.17) is 0 Å². The minimum atomic E-state index is -5.27. The lowest BCUT2D eigenvalue weighted by Gasteiger charge is -2.19. The Balaban J connectivity index is 1.79.